The van der Waals surface area contributed by atoms with Crippen molar-refractivity contribution in [2.75, 3.05) is 33.0 Å². The number of ether oxygens (including phenoxy) is 3. The minimum atomic E-state index is -3.96. The van der Waals surface area contributed by atoms with Crippen LogP contribution >= 0.6 is 0 Å². The smallest absolute Gasteiger partial charge is 0.251 e. The van der Waals surface area contributed by atoms with Crippen molar-refractivity contribution in [2.45, 2.75) is 17.7 Å². The summed E-state index contributed by atoms with van der Waals surface area (Å²) in [7, 11) is -3.96. The van der Waals surface area contributed by atoms with Crippen LogP contribution < -0.4 is 19.5 Å². The van der Waals surface area contributed by atoms with Gasteiger partial charge in [0.2, 0.25) is 16.8 Å². The molecular weight excluding hydrogens is 415 g/mol. The van der Waals surface area contributed by atoms with Gasteiger partial charge in [0.25, 0.3) is 5.91 Å². The molecule has 2 aliphatic rings. The molecule has 2 aromatic carbocycles. The Morgan fingerprint density at radius 1 is 1.10 bits per heavy atom. The van der Waals surface area contributed by atoms with Crippen LogP contribution in [0.5, 0.6) is 17.2 Å². The molecule has 2 aliphatic heterocycles. The molecule has 10 heteroatoms. The van der Waals surface area contributed by atoms with E-state index in [0.29, 0.717) is 30.3 Å². The highest BCUT2D eigenvalue weighted by atomic mass is 32.2. The first-order valence-electron chi connectivity index (χ1n) is 9.55. The number of benzene rings is 2. The van der Waals surface area contributed by atoms with E-state index in [1.54, 1.807) is 18.2 Å². The largest absolute Gasteiger partial charge is 0.492 e. The van der Waals surface area contributed by atoms with Crippen LogP contribution in [-0.4, -0.2) is 51.7 Å². The zero-order valence-corrected chi connectivity index (χ0v) is 16.9. The van der Waals surface area contributed by atoms with Gasteiger partial charge in [-0.3, -0.25) is 4.79 Å². The minimum absolute atomic E-state index is 0.0669. The number of hydrogen-bond donors (Lipinski definition) is 1. The van der Waals surface area contributed by atoms with Crippen molar-refractivity contribution in [3.63, 3.8) is 0 Å². The van der Waals surface area contributed by atoms with Crippen molar-refractivity contribution < 1.29 is 31.8 Å². The van der Waals surface area contributed by atoms with Crippen LogP contribution in [0.2, 0.25) is 0 Å². The van der Waals surface area contributed by atoms with E-state index >= 15 is 0 Å². The Morgan fingerprint density at radius 2 is 1.87 bits per heavy atom. The van der Waals surface area contributed by atoms with Gasteiger partial charge in [-0.25, -0.2) is 12.8 Å². The summed E-state index contributed by atoms with van der Waals surface area (Å²) in [4.78, 5) is 11.9. The van der Waals surface area contributed by atoms with Gasteiger partial charge in [-0.15, -0.1) is 0 Å². The molecule has 0 aromatic heterocycles. The maximum atomic E-state index is 14.2. The van der Waals surface area contributed by atoms with Crippen molar-refractivity contribution in [2.24, 2.45) is 0 Å². The lowest BCUT2D eigenvalue weighted by molar-refractivity contribution is 0.0946. The van der Waals surface area contributed by atoms with E-state index in [-0.39, 0.29) is 25.5 Å². The zero-order chi connectivity index (χ0) is 21.1. The van der Waals surface area contributed by atoms with Crippen molar-refractivity contribution >= 4 is 15.9 Å². The summed E-state index contributed by atoms with van der Waals surface area (Å²) >= 11 is 0. The molecule has 0 aliphatic carbocycles. The fourth-order valence-electron chi connectivity index (χ4n) is 3.31. The molecule has 0 radical (unpaired) electrons. The molecule has 2 heterocycles. The Kier molecular flexibility index (Phi) is 5.78. The van der Waals surface area contributed by atoms with Crippen molar-refractivity contribution in [1.29, 1.82) is 0 Å². The van der Waals surface area contributed by atoms with E-state index in [2.05, 4.69) is 5.32 Å². The summed E-state index contributed by atoms with van der Waals surface area (Å²) in [6, 6.07) is 8.49. The molecular formula is C20H21FN2O6S. The van der Waals surface area contributed by atoms with Gasteiger partial charge < -0.3 is 19.5 Å². The molecule has 1 saturated heterocycles. The van der Waals surface area contributed by atoms with E-state index in [0.717, 1.165) is 25.0 Å². The number of nitrogens with one attached hydrogen (secondary N) is 1. The number of amides is 1. The second kappa shape index (κ2) is 8.49. The lowest BCUT2D eigenvalue weighted by Gasteiger charge is -2.16. The highest BCUT2D eigenvalue weighted by molar-refractivity contribution is 7.89. The average Bonchev–Trinajstić information content (AvgIpc) is 3.43. The van der Waals surface area contributed by atoms with Crippen LogP contribution in [0, 0.1) is 5.82 Å². The third kappa shape index (κ3) is 4.19. The average molecular weight is 436 g/mol. The molecule has 0 bridgehead atoms. The Hall–Kier alpha value is -2.85. The second-order valence-electron chi connectivity index (χ2n) is 6.88. The molecule has 1 amide bonds. The van der Waals surface area contributed by atoms with Crippen LogP contribution in [0.25, 0.3) is 0 Å². The van der Waals surface area contributed by atoms with Crippen molar-refractivity contribution in [3.8, 4) is 17.2 Å². The van der Waals surface area contributed by atoms with E-state index < -0.39 is 26.6 Å². The number of carbonyl (C=O) groups excluding carboxylic acids is 1. The zero-order valence-electron chi connectivity index (χ0n) is 16.1. The quantitative estimate of drug-likeness (QED) is 0.669. The van der Waals surface area contributed by atoms with E-state index in [9.17, 15) is 17.6 Å². The number of carbonyl (C=O) groups is 1. The van der Waals surface area contributed by atoms with Crippen molar-refractivity contribution in [1.82, 2.24) is 9.62 Å². The third-order valence-corrected chi connectivity index (χ3v) is 6.79. The fourth-order valence-corrected chi connectivity index (χ4v) is 4.92. The van der Waals surface area contributed by atoms with Gasteiger partial charge in [-0.2, -0.15) is 4.31 Å². The molecule has 8 nitrogen and oxygen atoms in total. The van der Waals surface area contributed by atoms with Crippen LogP contribution in [0.4, 0.5) is 4.39 Å². The summed E-state index contributed by atoms with van der Waals surface area (Å²) < 4.78 is 56.8. The fraction of sp³-hybridized carbons (Fsp3) is 0.350. The number of nitrogens with zero attached hydrogens (tertiary/aromatic N) is 1. The lowest BCUT2D eigenvalue weighted by Crippen LogP contribution is -2.30. The lowest BCUT2D eigenvalue weighted by atomic mass is 10.2. The number of rotatable bonds is 7. The SMILES string of the molecule is O=C(NCCOc1ccc2c(c1)OCO2)c1ccc(F)c(S(=O)(=O)N2CCCC2)c1. The second-order valence-corrected chi connectivity index (χ2v) is 8.78. The molecule has 1 N–H and O–H groups in total. The van der Waals surface area contributed by atoms with Crippen molar-refractivity contribution in [3.05, 3.63) is 47.8 Å². The maximum Gasteiger partial charge on any atom is 0.251 e. The standard InChI is InChI=1S/C20H21FN2O6S/c21-16-5-3-14(11-19(16)30(25,26)23-8-1-2-9-23)20(24)22-7-10-27-15-4-6-17-18(12-15)29-13-28-17/h3-6,11-12H,1-2,7-10,13H2,(H,22,24). The summed E-state index contributed by atoms with van der Waals surface area (Å²) in [5.41, 5.74) is 0.0669. The number of sulfonamides is 1. The Bertz CT molecular complexity index is 1050. The van der Waals surface area contributed by atoms with Gasteiger partial charge in [0.05, 0.1) is 6.54 Å². The minimum Gasteiger partial charge on any atom is -0.492 e. The predicted molar refractivity (Wildman–Crippen MR) is 105 cm³/mol. The van der Waals surface area contributed by atoms with Gasteiger partial charge in [0, 0.05) is 24.7 Å². The van der Waals surface area contributed by atoms with Crippen LogP contribution in [0.1, 0.15) is 23.2 Å². The first kappa shape index (κ1) is 20.4. The summed E-state index contributed by atoms with van der Waals surface area (Å²) in [6.07, 6.45) is 1.48. The first-order chi connectivity index (χ1) is 14.4. The number of fused-ring (bicyclic) bond motifs is 1. The van der Waals surface area contributed by atoms with Gasteiger partial charge >= 0.3 is 0 Å². The Labute approximate surface area is 173 Å². The Morgan fingerprint density at radius 3 is 2.67 bits per heavy atom. The molecule has 2 aromatic rings. The van der Waals surface area contributed by atoms with E-state index in [1.165, 1.54) is 10.4 Å². The Balaban J connectivity index is 1.35. The molecule has 0 saturated carbocycles. The molecule has 0 unspecified atom stereocenters. The van der Waals surface area contributed by atoms with Gasteiger partial charge in [-0.05, 0) is 43.2 Å². The topological polar surface area (TPSA) is 94.2 Å². The molecule has 0 atom stereocenters. The van der Waals surface area contributed by atoms with Gasteiger partial charge in [-0.1, -0.05) is 0 Å². The van der Waals surface area contributed by atoms with Gasteiger partial charge in [0.15, 0.2) is 11.5 Å². The predicted octanol–water partition coefficient (Wildman–Crippen LogP) is 2.15. The van der Waals surface area contributed by atoms with Crippen LogP contribution in [0.15, 0.2) is 41.3 Å². The van der Waals surface area contributed by atoms with Crippen LogP contribution in [0.3, 0.4) is 0 Å². The molecule has 30 heavy (non-hydrogen) atoms. The number of hydrogen-bond acceptors (Lipinski definition) is 6. The summed E-state index contributed by atoms with van der Waals surface area (Å²) in [5.74, 6) is 0.419. The van der Waals surface area contributed by atoms with Crippen LogP contribution in [-0.2, 0) is 10.0 Å². The summed E-state index contributed by atoms with van der Waals surface area (Å²) in [6.45, 7) is 1.25. The highest BCUT2D eigenvalue weighted by Gasteiger charge is 2.30. The molecule has 1 fully saturated rings. The van der Waals surface area contributed by atoms with E-state index in [1.807, 2.05) is 0 Å². The van der Waals surface area contributed by atoms with Gasteiger partial charge in [0.1, 0.15) is 23.1 Å². The molecule has 0 spiro atoms. The highest BCUT2D eigenvalue weighted by Crippen LogP contribution is 2.35. The van der Waals surface area contributed by atoms with E-state index in [4.69, 9.17) is 14.2 Å². The molecule has 160 valence electrons. The monoisotopic (exact) mass is 436 g/mol. The maximum absolute atomic E-state index is 14.2. The first-order valence-corrected chi connectivity index (χ1v) is 11.0. The number of halogens is 1. The summed E-state index contributed by atoms with van der Waals surface area (Å²) in [5, 5.41) is 2.64. The molecule has 4 rings (SSSR count). The third-order valence-electron chi connectivity index (χ3n) is 4.88. The normalized spacial score (nSPS) is 15.9.